The molecule has 24 heavy (non-hydrogen) atoms. The number of rotatable bonds is 3. The van der Waals surface area contributed by atoms with Crippen LogP contribution < -0.4 is 5.32 Å². The van der Waals surface area contributed by atoms with Crippen LogP contribution in [0, 0.1) is 11.8 Å². The average molecular weight is 338 g/mol. The molecule has 0 radical (unpaired) electrons. The van der Waals surface area contributed by atoms with Gasteiger partial charge in [0.2, 0.25) is 5.91 Å². The van der Waals surface area contributed by atoms with Gasteiger partial charge in [0.1, 0.15) is 5.60 Å². The summed E-state index contributed by atoms with van der Waals surface area (Å²) < 4.78 is 5.33. The van der Waals surface area contributed by atoms with Crippen LogP contribution in [0.3, 0.4) is 0 Å². The zero-order valence-corrected chi connectivity index (χ0v) is 15.8. The molecule has 1 heterocycles. The summed E-state index contributed by atoms with van der Waals surface area (Å²) in [6, 6.07) is 0.0820. The minimum atomic E-state index is -0.482. The molecule has 1 saturated heterocycles. The largest absolute Gasteiger partial charge is 0.444 e. The molecule has 0 bridgehead atoms. The summed E-state index contributed by atoms with van der Waals surface area (Å²) >= 11 is 0. The van der Waals surface area contributed by atoms with Crippen molar-refractivity contribution in [3.05, 3.63) is 0 Å². The van der Waals surface area contributed by atoms with Crippen molar-refractivity contribution in [1.29, 1.82) is 0 Å². The molecule has 2 rings (SSSR count). The minimum absolute atomic E-state index is 0.0820. The number of hydrogen-bond acceptors (Lipinski definition) is 3. The smallest absolute Gasteiger partial charge is 0.407 e. The zero-order valence-electron chi connectivity index (χ0n) is 15.8. The van der Waals surface area contributed by atoms with Gasteiger partial charge in [-0.3, -0.25) is 4.79 Å². The maximum absolute atomic E-state index is 12.5. The van der Waals surface area contributed by atoms with E-state index in [1.807, 2.05) is 25.7 Å². The van der Waals surface area contributed by atoms with Gasteiger partial charge in [0.25, 0.3) is 0 Å². The van der Waals surface area contributed by atoms with Crippen LogP contribution in [-0.4, -0.2) is 41.6 Å². The molecule has 0 aromatic heterocycles. The van der Waals surface area contributed by atoms with Crippen LogP contribution in [0.25, 0.3) is 0 Å². The molecule has 2 atom stereocenters. The molecule has 138 valence electrons. The highest BCUT2D eigenvalue weighted by Gasteiger charge is 2.31. The van der Waals surface area contributed by atoms with Gasteiger partial charge in [-0.2, -0.15) is 0 Å². The van der Waals surface area contributed by atoms with Crippen molar-refractivity contribution in [3.63, 3.8) is 0 Å². The standard InChI is InChI=1S/C19H34N2O3/c1-14-13-21(17(22)12-15-8-6-5-7-9-15)11-10-16(14)20-18(23)24-19(2,3)4/h14-16H,5-13H2,1-4H3,(H,20,23)/t14-,16+/m0/s1. The van der Waals surface area contributed by atoms with Gasteiger partial charge in [0.15, 0.2) is 0 Å². The van der Waals surface area contributed by atoms with Crippen molar-refractivity contribution in [2.45, 2.75) is 84.3 Å². The van der Waals surface area contributed by atoms with E-state index in [1.165, 1.54) is 32.1 Å². The molecule has 1 N–H and O–H groups in total. The number of alkyl carbamates (subject to hydrolysis) is 1. The lowest BCUT2D eigenvalue weighted by molar-refractivity contribution is -0.134. The van der Waals surface area contributed by atoms with Crippen LogP contribution in [0.4, 0.5) is 4.79 Å². The van der Waals surface area contributed by atoms with Crippen molar-refractivity contribution in [2.24, 2.45) is 11.8 Å². The molecule has 5 heteroatoms. The van der Waals surface area contributed by atoms with Crippen LogP contribution in [0.5, 0.6) is 0 Å². The van der Waals surface area contributed by atoms with Gasteiger partial charge in [0, 0.05) is 25.6 Å². The molecule has 0 aromatic carbocycles. The first-order chi connectivity index (χ1) is 11.2. The van der Waals surface area contributed by atoms with E-state index in [4.69, 9.17) is 4.74 Å². The summed E-state index contributed by atoms with van der Waals surface area (Å²) in [6.07, 6.45) is 7.43. The maximum atomic E-state index is 12.5. The molecular formula is C19H34N2O3. The van der Waals surface area contributed by atoms with E-state index < -0.39 is 5.60 Å². The summed E-state index contributed by atoms with van der Waals surface area (Å²) in [4.78, 5) is 26.5. The lowest BCUT2D eigenvalue weighted by Crippen LogP contribution is -2.52. The highest BCUT2D eigenvalue weighted by Crippen LogP contribution is 2.28. The van der Waals surface area contributed by atoms with Crippen LogP contribution in [-0.2, 0) is 9.53 Å². The Morgan fingerprint density at radius 3 is 2.38 bits per heavy atom. The third kappa shape index (κ3) is 5.99. The third-order valence-electron chi connectivity index (χ3n) is 5.15. The quantitative estimate of drug-likeness (QED) is 0.853. The molecule has 2 amide bonds. The monoisotopic (exact) mass is 338 g/mol. The lowest BCUT2D eigenvalue weighted by Gasteiger charge is -2.38. The van der Waals surface area contributed by atoms with Crippen LogP contribution in [0.1, 0.15) is 72.6 Å². The van der Waals surface area contributed by atoms with Crippen molar-refractivity contribution >= 4 is 12.0 Å². The van der Waals surface area contributed by atoms with E-state index in [0.717, 1.165) is 19.5 Å². The Balaban J connectivity index is 1.77. The zero-order chi connectivity index (χ0) is 17.7. The van der Waals surface area contributed by atoms with Gasteiger partial charge in [-0.1, -0.05) is 26.2 Å². The first-order valence-corrected chi connectivity index (χ1v) is 9.52. The number of carbonyl (C=O) groups excluding carboxylic acids is 2. The summed E-state index contributed by atoms with van der Waals surface area (Å²) in [7, 11) is 0. The van der Waals surface area contributed by atoms with Crippen LogP contribution in [0.2, 0.25) is 0 Å². The van der Waals surface area contributed by atoms with Gasteiger partial charge in [-0.15, -0.1) is 0 Å². The second kappa shape index (κ2) is 8.21. The maximum Gasteiger partial charge on any atom is 0.407 e. The molecule has 0 aromatic rings. The van der Waals surface area contributed by atoms with E-state index in [2.05, 4.69) is 12.2 Å². The molecular weight excluding hydrogens is 304 g/mol. The Morgan fingerprint density at radius 1 is 1.12 bits per heavy atom. The number of likely N-dealkylation sites (tertiary alicyclic amines) is 1. The predicted octanol–water partition coefficient (Wildman–Crippen LogP) is 3.72. The van der Waals surface area contributed by atoms with Crippen LogP contribution in [0.15, 0.2) is 0 Å². The molecule has 5 nitrogen and oxygen atoms in total. The van der Waals surface area contributed by atoms with E-state index >= 15 is 0 Å². The third-order valence-corrected chi connectivity index (χ3v) is 5.15. The van der Waals surface area contributed by atoms with Gasteiger partial charge in [-0.25, -0.2) is 4.79 Å². The normalized spacial score (nSPS) is 26.1. The highest BCUT2D eigenvalue weighted by molar-refractivity contribution is 5.76. The van der Waals surface area contributed by atoms with E-state index in [0.29, 0.717) is 18.2 Å². The number of nitrogens with zero attached hydrogens (tertiary/aromatic N) is 1. The number of amides is 2. The number of nitrogens with one attached hydrogen (secondary N) is 1. The second-order valence-corrected chi connectivity index (χ2v) is 8.57. The van der Waals surface area contributed by atoms with E-state index in [-0.39, 0.29) is 18.1 Å². The number of hydrogen-bond donors (Lipinski definition) is 1. The first-order valence-electron chi connectivity index (χ1n) is 9.52. The molecule has 0 spiro atoms. The Kier molecular flexibility index (Phi) is 6.53. The van der Waals surface area contributed by atoms with Crippen molar-refractivity contribution in [3.8, 4) is 0 Å². The lowest BCUT2D eigenvalue weighted by atomic mass is 9.86. The van der Waals surface area contributed by atoms with Crippen molar-refractivity contribution in [2.75, 3.05) is 13.1 Å². The number of carbonyl (C=O) groups is 2. The van der Waals surface area contributed by atoms with Gasteiger partial charge < -0.3 is 15.0 Å². The van der Waals surface area contributed by atoms with Gasteiger partial charge in [0.05, 0.1) is 0 Å². The molecule has 0 unspecified atom stereocenters. The Labute approximate surface area is 146 Å². The summed E-state index contributed by atoms with van der Waals surface area (Å²) in [6.45, 7) is 9.15. The summed E-state index contributed by atoms with van der Waals surface area (Å²) in [5.74, 6) is 1.13. The number of ether oxygens (including phenoxy) is 1. The fraction of sp³-hybridized carbons (Fsp3) is 0.895. The fourth-order valence-electron chi connectivity index (χ4n) is 3.81. The summed E-state index contributed by atoms with van der Waals surface area (Å²) in [5, 5.41) is 2.97. The van der Waals surface area contributed by atoms with Crippen LogP contribution >= 0.6 is 0 Å². The fourth-order valence-corrected chi connectivity index (χ4v) is 3.81. The van der Waals surface area contributed by atoms with Crippen molar-refractivity contribution in [1.82, 2.24) is 10.2 Å². The summed E-state index contributed by atoms with van der Waals surface area (Å²) in [5.41, 5.74) is -0.482. The molecule has 1 aliphatic heterocycles. The second-order valence-electron chi connectivity index (χ2n) is 8.57. The molecule has 1 aliphatic carbocycles. The average Bonchev–Trinajstić information content (AvgIpc) is 2.48. The van der Waals surface area contributed by atoms with E-state index in [1.54, 1.807) is 0 Å². The number of piperidine rings is 1. The molecule has 2 fully saturated rings. The Bertz CT molecular complexity index is 438. The van der Waals surface area contributed by atoms with Crippen molar-refractivity contribution < 1.29 is 14.3 Å². The Morgan fingerprint density at radius 2 is 1.79 bits per heavy atom. The van der Waals surface area contributed by atoms with Gasteiger partial charge in [-0.05, 0) is 51.9 Å². The molecule has 2 aliphatic rings. The first kappa shape index (κ1) is 19.1. The Hall–Kier alpha value is -1.26. The highest BCUT2D eigenvalue weighted by atomic mass is 16.6. The predicted molar refractivity (Wildman–Crippen MR) is 94.7 cm³/mol. The van der Waals surface area contributed by atoms with E-state index in [9.17, 15) is 9.59 Å². The molecule has 1 saturated carbocycles. The topological polar surface area (TPSA) is 58.6 Å². The SMILES string of the molecule is C[C@H]1CN(C(=O)CC2CCCCC2)CC[C@H]1NC(=O)OC(C)(C)C. The van der Waals surface area contributed by atoms with Gasteiger partial charge >= 0.3 is 6.09 Å². The minimum Gasteiger partial charge on any atom is -0.444 e.